The van der Waals surface area contributed by atoms with Crippen molar-refractivity contribution >= 4 is 5.91 Å². The molecule has 1 aromatic carbocycles. The number of nitrogens with one attached hydrogen (secondary N) is 1. The lowest BCUT2D eigenvalue weighted by Crippen LogP contribution is -2.32. The van der Waals surface area contributed by atoms with Gasteiger partial charge in [0.1, 0.15) is 11.3 Å². The lowest BCUT2D eigenvalue weighted by molar-refractivity contribution is 0.0930. The Kier molecular flexibility index (Phi) is 4.24. The van der Waals surface area contributed by atoms with Crippen LogP contribution in [0.4, 0.5) is 0 Å². The van der Waals surface area contributed by atoms with Crippen LogP contribution in [0.3, 0.4) is 0 Å². The summed E-state index contributed by atoms with van der Waals surface area (Å²) >= 11 is 0. The highest BCUT2D eigenvalue weighted by molar-refractivity contribution is 5.96. The van der Waals surface area contributed by atoms with Gasteiger partial charge in [0.15, 0.2) is 5.82 Å². The predicted octanol–water partition coefficient (Wildman–Crippen LogP) is 3.56. The first-order valence-electron chi connectivity index (χ1n) is 8.78. The summed E-state index contributed by atoms with van der Waals surface area (Å²) < 4.78 is 5.10. The fraction of sp³-hybridized carbons (Fsp3) is 0.300. The van der Waals surface area contributed by atoms with E-state index in [1.165, 1.54) is 0 Å². The van der Waals surface area contributed by atoms with Gasteiger partial charge in [-0.2, -0.15) is 0 Å². The molecule has 1 N–H and O–H groups in total. The molecule has 1 aliphatic rings. The van der Waals surface area contributed by atoms with Crippen LogP contribution in [0.1, 0.15) is 52.0 Å². The van der Waals surface area contributed by atoms with E-state index in [1.54, 1.807) is 13.8 Å². The Morgan fingerprint density at radius 2 is 2.04 bits per heavy atom. The highest BCUT2D eigenvalue weighted by Gasteiger charge is 2.26. The van der Waals surface area contributed by atoms with Crippen LogP contribution in [0.2, 0.25) is 0 Å². The highest BCUT2D eigenvalue weighted by atomic mass is 16.5. The number of carbonyl (C=O) groups is 1. The topological polar surface area (TPSA) is 80.9 Å². The van der Waals surface area contributed by atoms with Crippen molar-refractivity contribution in [2.75, 3.05) is 0 Å². The van der Waals surface area contributed by atoms with E-state index in [0.717, 1.165) is 41.9 Å². The van der Waals surface area contributed by atoms with E-state index >= 15 is 0 Å². The van der Waals surface area contributed by atoms with E-state index in [-0.39, 0.29) is 11.9 Å². The summed E-state index contributed by atoms with van der Waals surface area (Å²) in [6.45, 7) is 3.52. The summed E-state index contributed by atoms with van der Waals surface area (Å²) in [7, 11) is 0. The number of aromatic nitrogens is 3. The van der Waals surface area contributed by atoms with Gasteiger partial charge < -0.3 is 9.84 Å². The minimum absolute atomic E-state index is 0.0928. The molecular weight excluding hydrogens is 328 g/mol. The van der Waals surface area contributed by atoms with Gasteiger partial charge in [0.05, 0.1) is 11.7 Å². The Labute approximate surface area is 151 Å². The molecule has 1 aliphatic carbocycles. The van der Waals surface area contributed by atoms with Crippen molar-refractivity contribution in [1.82, 2.24) is 20.4 Å². The summed E-state index contributed by atoms with van der Waals surface area (Å²) in [6.07, 6.45) is 4.60. The van der Waals surface area contributed by atoms with Gasteiger partial charge in [-0.15, -0.1) is 0 Å². The lowest BCUT2D eigenvalue weighted by atomic mass is 9.92. The summed E-state index contributed by atoms with van der Waals surface area (Å²) in [4.78, 5) is 21.9. The lowest BCUT2D eigenvalue weighted by Gasteiger charge is -2.25. The molecule has 0 fully saturated rings. The van der Waals surface area contributed by atoms with Gasteiger partial charge in [0, 0.05) is 23.0 Å². The third-order valence-electron chi connectivity index (χ3n) is 4.78. The summed E-state index contributed by atoms with van der Waals surface area (Å²) in [6, 6.07) is 9.84. The minimum Gasteiger partial charge on any atom is -0.361 e. The number of carbonyl (C=O) groups excluding carboxylic acids is 1. The summed E-state index contributed by atoms with van der Waals surface area (Å²) in [5.41, 5.74) is 4.12. The Balaban J connectivity index is 1.61. The van der Waals surface area contributed by atoms with Crippen molar-refractivity contribution < 1.29 is 9.32 Å². The Bertz CT molecular complexity index is 930. The van der Waals surface area contributed by atoms with E-state index in [4.69, 9.17) is 9.51 Å². The summed E-state index contributed by atoms with van der Waals surface area (Å²) in [5, 5.41) is 6.96. The fourth-order valence-electron chi connectivity index (χ4n) is 3.46. The van der Waals surface area contributed by atoms with E-state index in [1.807, 2.05) is 36.5 Å². The van der Waals surface area contributed by atoms with Crippen molar-refractivity contribution in [3.05, 3.63) is 64.8 Å². The quantitative estimate of drug-likeness (QED) is 0.783. The zero-order valence-electron chi connectivity index (χ0n) is 14.8. The number of hydrogen-bond donors (Lipinski definition) is 1. The molecule has 2 heterocycles. The smallest absolute Gasteiger partial charge is 0.257 e. The van der Waals surface area contributed by atoms with Crippen LogP contribution >= 0.6 is 0 Å². The van der Waals surface area contributed by atoms with Crippen molar-refractivity contribution in [3.63, 3.8) is 0 Å². The van der Waals surface area contributed by atoms with Gasteiger partial charge in [-0.25, -0.2) is 9.97 Å². The molecule has 4 rings (SSSR count). The van der Waals surface area contributed by atoms with Gasteiger partial charge in [0.2, 0.25) is 0 Å². The van der Waals surface area contributed by atoms with Gasteiger partial charge >= 0.3 is 0 Å². The number of fused-ring (bicyclic) bond motifs is 1. The molecule has 132 valence electrons. The standard InChI is InChI=1S/C20H20N4O2/c1-12-18(13(2)26-24-12)20(25)23-17-10-6-9-16-15(17)11-21-19(22-16)14-7-4-3-5-8-14/h3-5,7-8,11,17H,6,9-10H2,1-2H3,(H,23,25)/t17-/m1/s1. The van der Waals surface area contributed by atoms with E-state index in [9.17, 15) is 4.79 Å². The Hall–Kier alpha value is -3.02. The summed E-state index contributed by atoms with van der Waals surface area (Å²) in [5.74, 6) is 1.10. The maximum absolute atomic E-state index is 12.7. The van der Waals surface area contributed by atoms with Crippen LogP contribution in [0, 0.1) is 13.8 Å². The number of hydrogen-bond acceptors (Lipinski definition) is 5. The molecule has 2 aromatic heterocycles. The first-order valence-corrected chi connectivity index (χ1v) is 8.78. The molecule has 6 nitrogen and oxygen atoms in total. The van der Waals surface area contributed by atoms with Crippen LogP contribution in [0.15, 0.2) is 41.1 Å². The second-order valence-corrected chi connectivity index (χ2v) is 6.58. The van der Waals surface area contributed by atoms with E-state index in [0.29, 0.717) is 17.0 Å². The largest absolute Gasteiger partial charge is 0.361 e. The zero-order chi connectivity index (χ0) is 18.1. The van der Waals surface area contributed by atoms with Crippen LogP contribution in [-0.2, 0) is 6.42 Å². The minimum atomic E-state index is -0.161. The third kappa shape index (κ3) is 2.98. The monoisotopic (exact) mass is 348 g/mol. The number of rotatable bonds is 3. The molecule has 0 bridgehead atoms. The zero-order valence-corrected chi connectivity index (χ0v) is 14.8. The average Bonchev–Trinajstić information content (AvgIpc) is 3.00. The molecule has 0 saturated heterocycles. The normalized spacial score (nSPS) is 16.2. The van der Waals surface area contributed by atoms with Crippen molar-refractivity contribution in [1.29, 1.82) is 0 Å². The molecule has 1 atom stereocenters. The molecule has 26 heavy (non-hydrogen) atoms. The van der Waals surface area contributed by atoms with Crippen LogP contribution in [-0.4, -0.2) is 21.0 Å². The maximum atomic E-state index is 12.7. The first kappa shape index (κ1) is 16.4. The first-order chi connectivity index (χ1) is 12.6. The van der Waals surface area contributed by atoms with Crippen LogP contribution < -0.4 is 5.32 Å². The van der Waals surface area contributed by atoms with Gasteiger partial charge in [-0.3, -0.25) is 4.79 Å². The van der Waals surface area contributed by atoms with Crippen molar-refractivity contribution in [2.45, 2.75) is 39.2 Å². The maximum Gasteiger partial charge on any atom is 0.257 e. The van der Waals surface area contributed by atoms with Gasteiger partial charge in [-0.1, -0.05) is 35.5 Å². The van der Waals surface area contributed by atoms with Gasteiger partial charge in [0.25, 0.3) is 5.91 Å². The number of benzene rings is 1. The third-order valence-corrected chi connectivity index (χ3v) is 4.78. The molecule has 1 amide bonds. The number of aryl methyl sites for hydroxylation is 3. The number of nitrogens with zero attached hydrogens (tertiary/aromatic N) is 3. The van der Waals surface area contributed by atoms with E-state index < -0.39 is 0 Å². The Morgan fingerprint density at radius 1 is 1.23 bits per heavy atom. The average molecular weight is 348 g/mol. The molecular formula is C20H20N4O2. The molecule has 0 unspecified atom stereocenters. The molecule has 3 aromatic rings. The molecule has 6 heteroatoms. The number of amides is 1. The second kappa shape index (κ2) is 6.71. The molecule has 0 radical (unpaired) electrons. The van der Waals surface area contributed by atoms with Crippen molar-refractivity contribution in [3.8, 4) is 11.4 Å². The fourth-order valence-corrected chi connectivity index (χ4v) is 3.46. The molecule has 0 saturated carbocycles. The second-order valence-electron chi connectivity index (χ2n) is 6.58. The van der Waals surface area contributed by atoms with E-state index in [2.05, 4.69) is 15.5 Å². The SMILES string of the molecule is Cc1noc(C)c1C(=O)N[C@@H]1CCCc2nc(-c3ccccc3)ncc21. The van der Waals surface area contributed by atoms with Crippen LogP contribution in [0.25, 0.3) is 11.4 Å². The predicted molar refractivity (Wildman–Crippen MR) is 96.6 cm³/mol. The van der Waals surface area contributed by atoms with Gasteiger partial charge in [-0.05, 0) is 33.1 Å². The Morgan fingerprint density at radius 3 is 2.77 bits per heavy atom. The van der Waals surface area contributed by atoms with Crippen molar-refractivity contribution in [2.24, 2.45) is 0 Å². The van der Waals surface area contributed by atoms with Crippen LogP contribution in [0.5, 0.6) is 0 Å². The molecule has 0 spiro atoms. The molecule has 0 aliphatic heterocycles. The highest BCUT2D eigenvalue weighted by Crippen LogP contribution is 2.30.